The summed E-state index contributed by atoms with van der Waals surface area (Å²) in [7, 11) is 0. The number of aromatic nitrogens is 2. The number of carboxylic acid groups (broad SMARTS) is 1. The van der Waals surface area contributed by atoms with Crippen molar-refractivity contribution in [1.29, 1.82) is 0 Å². The highest BCUT2D eigenvalue weighted by Crippen LogP contribution is 2.28. The number of aromatic amines is 1. The summed E-state index contributed by atoms with van der Waals surface area (Å²) in [5.74, 6) is -0.339. The molecule has 1 aromatic heterocycles. The van der Waals surface area contributed by atoms with Crippen LogP contribution in [0.15, 0.2) is 82.9 Å². The number of H-pyrrole nitrogens is 1. The second-order valence-corrected chi connectivity index (χ2v) is 7.86. The van der Waals surface area contributed by atoms with Crippen LogP contribution in [0.25, 0.3) is 17.1 Å². The molecule has 0 amide bonds. The van der Waals surface area contributed by atoms with E-state index in [0.717, 1.165) is 33.9 Å². The molecule has 0 atom stereocenters. The van der Waals surface area contributed by atoms with Crippen LogP contribution >= 0.6 is 23.4 Å². The van der Waals surface area contributed by atoms with Crippen molar-refractivity contribution < 1.29 is 14.6 Å². The minimum absolute atomic E-state index is 0.166. The molecule has 5 nitrogen and oxygen atoms in total. The van der Waals surface area contributed by atoms with Crippen molar-refractivity contribution in [3.63, 3.8) is 0 Å². The maximum atomic E-state index is 11.7. The maximum absolute atomic E-state index is 11.7. The number of hydrogen-bond acceptors (Lipinski definition) is 4. The first-order valence-corrected chi connectivity index (χ1v) is 10.3. The Morgan fingerprint density at radius 1 is 1.07 bits per heavy atom. The van der Waals surface area contributed by atoms with Crippen molar-refractivity contribution in [2.24, 2.45) is 0 Å². The molecule has 0 saturated heterocycles. The molecular formula is C23H17ClN2O3S. The summed E-state index contributed by atoms with van der Waals surface area (Å²) in [6, 6.07) is 22.3. The maximum Gasteiger partial charge on any atom is 0.342 e. The fraction of sp³-hybridized carbons (Fsp3) is 0.0435. The largest absolute Gasteiger partial charge is 0.489 e. The van der Waals surface area contributed by atoms with Gasteiger partial charge >= 0.3 is 5.97 Å². The molecule has 0 aliphatic heterocycles. The number of halogens is 1. The highest BCUT2D eigenvalue weighted by Gasteiger charge is 2.13. The standard InChI is InChI=1S/C23H17ClN2O3S/c24-18-6-2-1-5-16(18)14-29-17-11-9-15(10-12-17)13-21(22(27)28)30-23-25-19-7-3-4-8-20(19)26-23/h1-13H,14H2,(H,25,26)(H,27,28)/b21-13-. The average molecular weight is 437 g/mol. The van der Waals surface area contributed by atoms with Gasteiger partial charge in [0.2, 0.25) is 0 Å². The molecule has 150 valence electrons. The van der Waals surface area contributed by atoms with Crippen molar-refractivity contribution in [3.8, 4) is 5.75 Å². The van der Waals surface area contributed by atoms with E-state index in [1.54, 1.807) is 18.2 Å². The summed E-state index contributed by atoms with van der Waals surface area (Å²) in [6.45, 7) is 0.358. The highest BCUT2D eigenvalue weighted by molar-refractivity contribution is 8.04. The number of carbonyl (C=O) groups is 1. The average Bonchev–Trinajstić information content (AvgIpc) is 3.16. The molecule has 0 saturated carbocycles. The van der Waals surface area contributed by atoms with Gasteiger partial charge in [0.05, 0.1) is 11.0 Å². The smallest absolute Gasteiger partial charge is 0.342 e. The molecule has 0 fully saturated rings. The van der Waals surface area contributed by atoms with Gasteiger partial charge in [0.1, 0.15) is 17.3 Å². The van der Waals surface area contributed by atoms with Crippen molar-refractivity contribution in [2.45, 2.75) is 11.8 Å². The number of aliphatic carboxylic acids is 1. The van der Waals surface area contributed by atoms with Gasteiger partial charge in [-0.2, -0.15) is 0 Å². The van der Waals surface area contributed by atoms with Gasteiger partial charge in [0.15, 0.2) is 5.16 Å². The summed E-state index contributed by atoms with van der Waals surface area (Å²) in [4.78, 5) is 19.4. The van der Waals surface area contributed by atoms with Crippen LogP contribution in [0.5, 0.6) is 5.75 Å². The number of rotatable bonds is 7. The summed E-state index contributed by atoms with van der Waals surface area (Å²) in [6.07, 6.45) is 1.61. The zero-order valence-corrected chi connectivity index (χ0v) is 17.3. The van der Waals surface area contributed by atoms with E-state index in [1.165, 1.54) is 0 Å². The molecule has 1 heterocycles. The zero-order valence-electron chi connectivity index (χ0n) is 15.7. The number of hydrogen-bond donors (Lipinski definition) is 2. The molecule has 3 aromatic carbocycles. The molecular weight excluding hydrogens is 420 g/mol. The van der Waals surface area contributed by atoms with Crippen LogP contribution in [-0.2, 0) is 11.4 Å². The van der Waals surface area contributed by atoms with Crippen molar-refractivity contribution in [1.82, 2.24) is 9.97 Å². The van der Waals surface area contributed by atoms with Gasteiger partial charge in [-0.05, 0) is 53.7 Å². The third-order valence-electron chi connectivity index (χ3n) is 4.32. The van der Waals surface area contributed by atoms with Gasteiger partial charge < -0.3 is 14.8 Å². The lowest BCUT2D eigenvalue weighted by Gasteiger charge is -2.08. The number of fused-ring (bicyclic) bond motifs is 1. The highest BCUT2D eigenvalue weighted by atomic mass is 35.5. The van der Waals surface area contributed by atoms with Crippen LogP contribution in [-0.4, -0.2) is 21.0 Å². The van der Waals surface area contributed by atoms with Gasteiger partial charge in [-0.3, -0.25) is 0 Å². The first kappa shape index (κ1) is 20.1. The molecule has 2 N–H and O–H groups in total. The lowest BCUT2D eigenvalue weighted by atomic mass is 10.2. The van der Waals surface area contributed by atoms with E-state index in [4.69, 9.17) is 16.3 Å². The monoisotopic (exact) mass is 436 g/mol. The van der Waals surface area contributed by atoms with E-state index in [9.17, 15) is 9.90 Å². The molecule has 0 spiro atoms. The number of benzene rings is 3. The molecule has 4 rings (SSSR count). The van der Waals surface area contributed by atoms with Crippen molar-refractivity contribution in [3.05, 3.63) is 93.9 Å². The molecule has 4 aromatic rings. The molecule has 30 heavy (non-hydrogen) atoms. The fourth-order valence-corrected chi connectivity index (χ4v) is 3.79. The van der Waals surface area contributed by atoms with E-state index >= 15 is 0 Å². The van der Waals surface area contributed by atoms with E-state index in [-0.39, 0.29) is 4.91 Å². The van der Waals surface area contributed by atoms with E-state index in [2.05, 4.69) is 9.97 Å². The number of para-hydroxylation sites is 2. The summed E-state index contributed by atoms with van der Waals surface area (Å²) < 4.78 is 5.77. The first-order chi connectivity index (χ1) is 14.6. The SMILES string of the molecule is O=C(O)/C(=C/c1ccc(OCc2ccccc2Cl)cc1)Sc1nc2ccccc2[nH]1. The van der Waals surface area contributed by atoms with Crippen LogP contribution in [0, 0.1) is 0 Å². The zero-order chi connectivity index (χ0) is 20.9. The Morgan fingerprint density at radius 3 is 2.53 bits per heavy atom. The molecule has 0 unspecified atom stereocenters. The van der Waals surface area contributed by atoms with Crippen molar-refractivity contribution in [2.75, 3.05) is 0 Å². The Morgan fingerprint density at radius 2 is 1.80 bits per heavy atom. The third kappa shape index (κ3) is 4.84. The minimum Gasteiger partial charge on any atom is -0.489 e. The van der Waals surface area contributed by atoms with E-state index in [1.807, 2.05) is 60.7 Å². The third-order valence-corrected chi connectivity index (χ3v) is 5.58. The number of imidazole rings is 1. The Balaban J connectivity index is 1.47. The molecule has 0 radical (unpaired) electrons. The molecule has 0 aliphatic carbocycles. The normalized spacial score (nSPS) is 11.6. The number of nitrogens with one attached hydrogen (secondary N) is 1. The van der Waals surface area contributed by atoms with Crippen LogP contribution in [0.3, 0.4) is 0 Å². The van der Waals surface area contributed by atoms with Crippen LogP contribution in [0.2, 0.25) is 5.02 Å². The Bertz CT molecular complexity index is 1190. The Kier molecular flexibility index (Phi) is 6.07. The Labute approximate surface area is 182 Å². The Hall–Kier alpha value is -3.22. The lowest BCUT2D eigenvalue weighted by molar-refractivity contribution is -0.131. The lowest BCUT2D eigenvalue weighted by Crippen LogP contribution is -1.98. The van der Waals surface area contributed by atoms with E-state index in [0.29, 0.717) is 22.5 Å². The van der Waals surface area contributed by atoms with Gasteiger partial charge in [-0.1, -0.05) is 54.1 Å². The first-order valence-electron chi connectivity index (χ1n) is 9.12. The fourth-order valence-electron chi connectivity index (χ4n) is 2.80. The quantitative estimate of drug-likeness (QED) is 0.274. The van der Waals surface area contributed by atoms with Gasteiger partial charge in [-0.15, -0.1) is 0 Å². The summed E-state index contributed by atoms with van der Waals surface area (Å²) >= 11 is 7.22. The van der Waals surface area contributed by atoms with Gasteiger partial charge in [0, 0.05) is 10.6 Å². The van der Waals surface area contributed by atoms with Gasteiger partial charge in [-0.25, -0.2) is 9.78 Å². The molecule has 0 bridgehead atoms. The number of nitrogens with zero attached hydrogens (tertiary/aromatic N) is 1. The molecule has 7 heteroatoms. The number of ether oxygens (including phenoxy) is 1. The van der Waals surface area contributed by atoms with Crippen LogP contribution in [0.1, 0.15) is 11.1 Å². The minimum atomic E-state index is -1.01. The predicted octanol–water partition coefficient (Wildman–Crippen LogP) is 6.01. The second kappa shape index (κ2) is 9.07. The molecule has 0 aliphatic rings. The van der Waals surface area contributed by atoms with Crippen LogP contribution in [0.4, 0.5) is 0 Å². The van der Waals surface area contributed by atoms with Gasteiger partial charge in [0.25, 0.3) is 0 Å². The summed E-state index contributed by atoms with van der Waals surface area (Å²) in [5, 5.41) is 10.8. The number of thioether (sulfide) groups is 1. The summed E-state index contributed by atoms with van der Waals surface area (Å²) in [5.41, 5.74) is 3.31. The topological polar surface area (TPSA) is 75.2 Å². The van der Waals surface area contributed by atoms with E-state index < -0.39 is 5.97 Å². The number of carboxylic acids is 1. The predicted molar refractivity (Wildman–Crippen MR) is 120 cm³/mol. The second-order valence-electron chi connectivity index (χ2n) is 6.42. The van der Waals surface area contributed by atoms with Crippen molar-refractivity contribution >= 4 is 46.4 Å². The van der Waals surface area contributed by atoms with Crippen LogP contribution < -0.4 is 4.74 Å².